The fraction of sp³-hybridized carbons (Fsp3) is 0.0588. The van der Waals surface area contributed by atoms with Gasteiger partial charge in [-0.05, 0) is 24.4 Å². The van der Waals surface area contributed by atoms with Crippen molar-refractivity contribution in [1.29, 1.82) is 0 Å². The van der Waals surface area contributed by atoms with Crippen molar-refractivity contribution in [3.63, 3.8) is 0 Å². The maximum absolute atomic E-state index is 12.5. The second-order valence-corrected chi connectivity index (χ2v) is 6.81. The van der Waals surface area contributed by atoms with E-state index in [0.717, 1.165) is 10.9 Å². The van der Waals surface area contributed by atoms with Crippen molar-refractivity contribution >= 4 is 28.9 Å². The number of nitro groups is 1. The number of carbonyl (C=O) groups is 1. The minimum absolute atomic E-state index is 0.110. The maximum atomic E-state index is 12.5. The molecule has 4 aromatic heterocycles. The van der Waals surface area contributed by atoms with E-state index in [1.54, 1.807) is 13.0 Å². The number of nitrogens with one attached hydrogen (secondary N) is 2. The monoisotopic (exact) mass is 412 g/mol. The predicted molar refractivity (Wildman–Crippen MR) is 103 cm³/mol. The van der Waals surface area contributed by atoms with Gasteiger partial charge in [-0.15, -0.1) is 11.3 Å². The molecule has 0 spiro atoms. The summed E-state index contributed by atoms with van der Waals surface area (Å²) in [6.07, 6.45) is 0. The Morgan fingerprint density at radius 3 is 2.83 bits per heavy atom. The van der Waals surface area contributed by atoms with E-state index in [-0.39, 0.29) is 23.1 Å². The van der Waals surface area contributed by atoms with Crippen LogP contribution in [0.5, 0.6) is 0 Å². The van der Waals surface area contributed by atoms with Gasteiger partial charge in [0.15, 0.2) is 5.76 Å². The third kappa shape index (κ3) is 3.68. The number of aromatic nitrogens is 4. The predicted octanol–water partition coefficient (Wildman–Crippen LogP) is 2.75. The first kappa shape index (κ1) is 18.3. The summed E-state index contributed by atoms with van der Waals surface area (Å²) in [5.41, 5.74) is 0.639. The Labute approximate surface area is 165 Å². The SMILES string of the molecule is Cc1cc(=O)[nH]c(-n2nc(-c3cccs3)cc2NC(=O)c2ccc([N+](=O)[O-])o2)n1. The van der Waals surface area contributed by atoms with Gasteiger partial charge in [0.25, 0.3) is 11.5 Å². The molecule has 0 saturated carbocycles. The van der Waals surface area contributed by atoms with E-state index >= 15 is 0 Å². The number of amides is 1. The quantitative estimate of drug-likeness (QED) is 0.378. The van der Waals surface area contributed by atoms with Crippen LogP contribution in [-0.2, 0) is 0 Å². The second kappa shape index (κ2) is 7.16. The first-order valence-electron chi connectivity index (χ1n) is 8.18. The summed E-state index contributed by atoms with van der Waals surface area (Å²) >= 11 is 1.45. The van der Waals surface area contributed by atoms with Crippen LogP contribution < -0.4 is 10.9 Å². The van der Waals surface area contributed by atoms with E-state index in [1.807, 2.05) is 17.5 Å². The molecule has 0 aromatic carbocycles. The molecule has 0 atom stereocenters. The number of carbonyl (C=O) groups excluding carboxylic acids is 1. The molecule has 0 saturated heterocycles. The van der Waals surface area contributed by atoms with Crippen LogP contribution in [0.2, 0.25) is 0 Å². The highest BCUT2D eigenvalue weighted by atomic mass is 32.1. The number of furan rings is 1. The molecular formula is C17H12N6O5S. The number of hydrogen-bond donors (Lipinski definition) is 2. The molecule has 4 aromatic rings. The van der Waals surface area contributed by atoms with E-state index in [1.165, 1.54) is 28.2 Å². The zero-order valence-electron chi connectivity index (χ0n) is 14.8. The Morgan fingerprint density at radius 1 is 1.34 bits per heavy atom. The van der Waals surface area contributed by atoms with Crippen molar-refractivity contribution in [1.82, 2.24) is 19.7 Å². The molecule has 4 rings (SSSR count). The Kier molecular flexibility index (Phi) is 4.52. The molecule has 11 nitrogen and oxygen atoms in total. The Hall–Kier alpha value is -4.06. The first-order chi connectivity index (χ1) is 13.9. The van der Waals surface area contributed by atoms with Gasteiger partial charge >= 0.3 is 5.88 Å². The van der Waals surface area contributed by atoms with Crippen LogP contribution in [0.3, 0.4) is 0 Å². The fourth-order valence-electron chi connectivity index (χ4n) is 2.57. The van der Waals surface area contributed by atoms with Gasteiger partial charge in [0.1, 0.15) is 16.4 Å². The summed E-state index contributed by atoms with van der Waals surface area (Å²) in [6.45, 7) is 1.66. The molecule has 146 valence electrons. The molecule has 0 aliphatic carbocycles. The Balaban J connectivity index is 1.75. The van der Waals surface area contributed by atoms with Crippen molar-refractivity contribution in [2.45, 2.75) is 6.92 Å². The van der Waals surface area contributed by atoms with E-state index < -0.39 is 16.7 Å². The number of hydrogen-bond acceptors (Lipinski definition) is 8. The van der Waals surface area contributed by atoms with Crippen LogP contribution >= 0.6 is 11.3 Å². The molecule has 1 amide bonds. The second-order valence-electron chi connectivity index (χ2n) is 5.86. The number of anilines is 1. The van der Waals surface area contributed by atoms with Crippen molar-refractivity contribution in [2.75, 3.05) is 5.32 Å². The van der Waals surface area contributed by atoms with Gasteiger partial charge in [0, 0.05) is 17.8 Å². The number of H-pyrrole nitrogens is 1. The average Bonchev–Trinajstić information content (AvgIpc) is 3.41. The first-order valence-corrected chi connectivity index (χ1v) is 9.06. The third-order valence-electron chi connectivity index (χ3n) is 3.78. The van der Waals surface area contributed by atoms with Gasteiger partial charge < -0.3 is 9.73 Å². The third-order valence-corrected chi connectivity index (χ3v) is 4.67. The normalized spacial score (nSPS) is 10.8. The molecule has 0 fully saturated rings. The van der Waals surface area contributed by atoms with Crippen LogP contribution in [0, 0.1) is 17.0 Å². The van der Waals surface area contributed by atoms with Crippen molar-refractivity contribution in [3.8, 4) is 16.5 Å². The maximum Gasteiger partial charge on any atom is 0.433 e. The lowest BCUT2D eigenvalue weighted by molar-refractivity contribution is -0.402. The molecule has 0 aliphatic rings. The lowest BCUT2D eigenvalue weighted by Gasteiger charge is -2.07. The van der Waals surface area contributed by atoms with E-state index in [9.17, 15) is 19.7 Å². The summed E-state index contributed by atoms with van der Waals surface area (Å²) < 4.78 is 6.21. The summed E-state index contributed by atoms with van der Waals surface area (Å²) in [7, 11) is 0. The van der Waals surface area contributed by atoms with Crippen molar-refractivity contribution in [3.05, 3.63) is 73.7 Å². The van der Waals surface area contributed by atoms with Crippen molar-refractivity contribution in [2.24, 2.45) is 0 Å². The number of aryl methyl sites for hydroxylation is 1. The molecule has 0 unspecified atom stereocenters. The largest absolute Gasteiger partial charge is 0.433 e. The van der Waals surface area contributed by atoms with Crippen molar-refractivity contribution < 1.29 is 14.1 Å². The summed E-state index contributed by atoms with van der Waals surface area (Å²) in [6, 6.07) is 8.91. The smallest absolute Gasteiger partial charge is 0.395 e. The van der Waals surface area contributed by atoms with Crippen LogP contribution in [-0.4, -0.2) is 30.6 Å². The minimum atomic E-state index is -0.739. The van der Waals surface area contributed by atoms with Gasteiger partial charge in [0.05, 0.1) is 10.9 Å². The van der Waals surface area contributed by atoms with Gasteiger partial charge in [-0.25, -0.2) is 4.98 Å². The van der Waals surface area contributed by atoms with E-state index in [4.69, 9.17) is 4.42 Å². The fourth-order valence-corrected chi connectivity index (χ4v) is 3.25. The highest BCUT2D eigenvalue weighted by molar-refractivity contribution is 7.13. The van der Waals surface area contributed by atoms with Crippen LogP contribution in [0.25, 0.3) is 16.5 Å². The number of thiophene rings is 1. The summed E-state index contributed by atoms with van der Waals surface area (Å²) in [5, 5.41) is 19.6. The topological polar surface area (TPSA) is 149 Å². The molecule has 0 radical (unpaired) electrons. The van der Waals surface area contributed by atoms with E-state index in [0.29, 0.717) is 11.4 Å². The van der Waals surface area contributed by atoms with Gasteiger partial charge in [-0.1, -0.05) is 6.07 Å². The van der Waals surface area contributed by atoms with Crippen LogP contribution in [0.4, 0.5) is 11.7 Å². The van der Waals surface area contributed by atoms with Crippen LogP contribution in [0.1, 0.15) is 16.2 Å². The number of aromatic amines is 1. The number of nitrogens with zero attached hydrogens (tertiary/aromatic N) is 4. The average molecular weight is 412 g/mol. The van der Waals surface area contributed by atoms with Gasteiger partial charge in [0.2, 0.25) is 5.95 Å². The standard InChI is InChI=1S/C17H12N6O5S/c1-9-7-14(24)20-17(18-9)22-13(8-10(21-22)12-3-2-6-29-12)19-16(25)11-4-5-15(28-11)23(26)27/h2-8H,1H3,(H,19,25)(H,18,20,24). The molecule has 0 aliphatic heterocycles. The van der Waals surface area contributed by atoms with E-state index in [2.05, 4.69) is 20.4 Å². The highest BCUT2D eigenvalue weighted by Gasteiger charge is 2.21. The molecule has 0 bridgehead atoms. The summed E-state index contributed by atoms with van der Waals surface area (Å²) in [5.74, 6) is -1.20. The molecule has 4 heterocycles. The minimum Gasteiger partial charge on any atom is -0.395 e. The van der Waals surface area contributed by atoms with Gasteiger partial charge in [-0.3, -0.25) is 24.7 Å². The lowest BCUT2D eigenvalue weighted by atomic mass is 10.3. The summed E-state index contributed by atoms with van der Waals surface area (Å²) in [4.78, 5) is 42.0. The highest BCUT2D eigenvalue weighted by Crippen LogP contribution is 2.27. The number of rotatable bonds is 5. The van der Waals surface area contributed by atoms with Crippen LogP contribution in [0.15, 0.2) is 51.0 Å². The zero-order valence-corrected chi connectivity index (χ0v) is 15.6. The molecule has 12 heteroatoms. The Morgan fingerprint density at radius 2 is 2.17 bits per heavy atom. The molecule has 2 N–H and O–H groups in total. The Bertz CT molecular complexity index is 1270. The zero-order chi connectivity index (χ0) is 20.5. The van der Waals surface area contributed by atoms with Gasteiger partial charge in [-0.2, -0.15) is 9.78 Å². The molecule has 29 heavy (non-hydrogen) atoms. The lowest BCUT2D eigenvalue weighted by Crippen LogP contribution is -2.18. The molecular weight excluding hydrogens is 400 g/mol.